The molecular weight excluding hydrogens is 976 g/mol. The number of rotatable bonds is 55. The van der Waals surface area contributed by atoms with Crippen molar-refractivity contribution in [3.63, 3.8) is 0 Å². The lowest BCUT2D eigenvalue weighted by Crippen LogP contribution is -2.47. The van der Waals surface area contributed by atoms with Gasteiger partial charge in [0.15, 0.2) is 0 Å². The lowest BCUT2D eigenvalue weighted by Gasteiger charge is -2.30. The average Bonchev–Trinajstić information content (AvgIpc) is 3.39. The van der Waals surface area contributed by atoms with Gasteiger partial charge in [-0.15, -0.1) is 0 Å². The Bertz CT molecular complexity index is 1690. The molecular formula is C67H117N2O7P. The molecule has 0 aromatic heterocycles. The smallest absolute Gasteiger partial charge is 0.306 e. The number of ether oxygens (including phenoxy) is 1. The predicted molar refractivity (Wildman–Crippen MR) is 330 cm³/mol. The molecule has 0 fully saturated rings. The summed E-state index contributed by atoms with van der Waals surface area (Å²) in [5.74, 6) is -0.641. The third kappa shape index (κ3) is 57.2. The molecule has 0 rings (SSSR count). The second kappa shape index (κ2) is 56.0. The number of esters is 1. The van der Waals surface area contributed by atoms with Crippen molar-refractivity contribution in [1.29, 1.82) is 0 Å². The first-order valence-electron chi connectivity index (χ1n) is 31.2. The number of hydrogen-bond acceptors (Lipinski definition) is 7. The standard InChI is InChI=1S/C67H117N2O7P/c1-7-10-13-16-19-22-25-28-29-30-31-32-33-34-35-36-37-38-39-42-44-47-50-53-56-59-66(70)68-64(63-75-77(72,73)74-62-61-69(4,5)6)65(58-55-52-49-46-43-40-26-23-20-17-14-11-8-2)76-67(71)60-57-54-51-48-45-41-27-24-21-18-15-12-9-3/h10,13,19,22,28-29,31-32,34-35,37-38,41,45,51,54-55,58,64-65H,7-9,11-12,14-18,20-21,23-27,30,33,36,39-40,42-44,46-50,52-53,56-57,59-63H2,1-6H3,(H-,68,70,72,73)/b13-10-,22-19-,29-28-,32-31-,35-34-,38-37-,45-41-,54-51+,58-55-. The van der Waals surface area contributed by atoms with E-state index in [1.165, 1.54) is 96.3 Å². The van der Waals surface area contributed by atoms with Crippen LogP contribution in [0.1, 0.15) is 252 Å². The average molecular weight is 1090 g/mol. The van der Waals surface area contributed by atoms with Gasteiger partial charge in [-0.1, -0.05) is 246 Å². The highest BCUT2D eigenvalue weighted by atomic mass is 31.2. The number of phosphoric acid groups is 1. The lowest BCUT2D eigenvalue weighted by molar-refractivity contribution is -0.870. The van der Waals surface area contributed by atoms with Crippen LogP contribution in [-0.4, -0.2) is 69.4 Å². The molecule has 442 valence electrons. The van der Waals surface area contributed by atoms with E-state index < -0.39 is 32.5 Å². The van der Waals surface area contributed by atoms with Crippen molar-refractivity contribution in [3.8, 4) is 0 Å². The van der Waals surface area contributed by atoms with Crippen molar-refractivity contribution in [2.75, 3.05) is 40.9 Å². The van der Waals surface area contributed by atoms with Gasteiger partial charge in [-0.3, -0.25) is 14.2 Å². The molecule has 0 aliphatic rings. The Hall–Kier alpha value is -3.33. The second-order valence-corrected chi connectivity index (χ2v) is 23.2. The van der Waals surface area contributed by atoms with E-state index in [0.717, 1.165) is 109 Å². The number of amides is 1. The maximum atomic E-state index is 13.5. The number of unbranched alkanes of at least 4 members (excludes halogenated alkanes) is 23. The summed E-state index contributed by atoms with van der Waals surface area (Å²) < 4.78 is 30.2. The maximum Gasteiger partial charge on any atom is 0.306 e. The van der Waals surface area contributed by atoms with Crippen LogP contribution in [-0.2, 0) is 27.9 Å². The van der Waals surface area contributed by atoms with Crippen molar-refractivity contribution < 1.29 is 37.3 Å². The summed E-state index contributed by atoms with van der Waals surface area (Å²) in [5, 5.41) is 3.00. The van der Waals surface area contributed by atoms with E-state index >= 15 is 0 Å². The first-order valence-corrected chi connectivity index (χ1v) is 32.7. The van der Waals surface area contributed by atoms with Gasteiger partial charge >= 0.3 is 5.97 Å². The normalized spacial score (nSPS) is 14.4. The molecule has 0 spiro atoms. The predicted octanol–water partition coefficient (Wildman–Crippen LogP) is 18.7. The van der Waals surface area contributed by atoms with Crippen LogP contribution in [0.4, 0.5) is 0 Å². The maximum absolute atomic E-state index is 13.5. The Morgan fingerprint density at radius 1 is 0.468 bits per heavy atom. The van der Waals surface area contributed by atoms with Gasteiger partial charge in [0.05, 0.1) is 33.8 Å². The topological polar surface area (TPSA) is 114 Å². The van der Waals surface area contributed by atoms with Gasteiger partial charge in [0.2, 0.25) is 5.91 Å². The van der Waals surface area contributed by atoms with Gasteiger partial charge in [0, 0.05) is 12.8 Å². The Morgan fingerprint density at radius 3 is 1.27 bits per heavy atom. The summed E-state index contributed by atoms with van der Waals surface area (Å²) in [4.78, 5) is 39.9. The second-order valence-electron chi connectivity index (χ2n) is 21.8. The van der Waals surface area contributed by atoms with Crippen LogP contribution in [0.3, 0.4) is 0 Å². The summed E-state index contributed by atoms with van der Waals surface area (Å²) in [5.41, 5.74) is 0. The van der Waals surface area contributed by atoms with Gasteiger partial charge in [0.1, 0.15) is 19.3 Å². The van der Waals surface area contributed by atoms with Crippen molar-refractivity contribution in [2.45, 2.75) is 264 Å². The highest BCUT2D eigenvalue weighted by Gasteiger charge is 2.27. The first-order chi connectivity index (χ1) is 37.4. The summed E-state index contributed by atoms with van der Waals surface area (Å²) in [6.45, 7) is 6.66. The van der Waals surface area contributed by atoms with Crippen molar-refractivity contribution in [2.24, 2.45) is 0 Å². The highest BCUT2D eigenvalue weighted by molar-refractivity contribution is 7.45. The fourth-order valence-corrected chi connectivity index (χ4v) is 9.12. The summed E-state index contributed by atoms with van der Waals surface area (Å²) in [7, 11) is 1.13. The molecule has 0 saturated carbocycles. The summed E-state index contributed by atoms with van der Waals surface area (Å²) in [6.07, 6.45) is 76.4. The minimum absolute atomic E-state index is 0.0382. The fourth-order valence-electron chi connectivity index (χ4n) is 8.40. The molecule has 0 aromatic carbocycles. The third-order valence-electron chi connectivity index (χ3n) is 13.2. The summed E-state index contributed by atoms with van der Waals surface area (Å²) in [6, 6.07) is -0.925. The number of phosphoric ester groups is 1. The third-order valence-corrected chi connectivity index (χ3v) is 14.2. The molecule has 3 unspecified atom stereocenters. The number of nitrogens with one attached hydrogen (secondary N) is 1. The molecule has 3 atom stereocenters. The Labute approximate surface area is 474 Å². The molecule has 0 bridgehead atoms. The zero-order chi connectivity index (χ0) is 56.4. The Balaban J connectivity index is 5.28. The number of likely N-dealkylation sites (N-methyl/N-ethyl adjacent to an activating group) is 1. The van der Waals surface area contributed by atoms with Crippen molar-refractivity contribution >= 4 is 19.7 Å². The van der Waals surface area contributed by atoms with Gasteiger partial charge in [0.25, 0.3) is 7.82 Å². The van der Waals surface area contributed by atoms with Crippen LogP contribution in [0.25, 0.3) is 0 Å². The van der Waals surface area contributed by atoms with Crippen LogP contribution < -0.4 is 10.2 Å². The van der Waals surface area contributed by atoms with Crippen molar-refractivity contribution in [3.05, 3.63) is 109 Å². The first kappa shape index (κ1) is 73.7. The van der Waals surface area contributed by atoms with E-state index in [-0.39, 0.29) is 25.4 Å². The molecule has 77 heavy (non-hydrogen) atoms. The molecule has 0 radical (unpaired) electrons. The molecule has 1 amide bonds. The lowest BCUT2D eigenvalue weighted by atomic mass is 10.0. The molecule has 0 aromatic rings. The molecule has 0 saturated heterocycles. The van der Waals surface area contributed by atoms with Crippen LogP contribution in [0.5, 0.6) is 0 Å². The minimum Gasteiger partial charge on any atom is -0.756 e. The van der Waals surface area contributed by atoms with Gasteiger partial charge in [-0.2, -0.15) is 0 Å². The number of nitrogens with zero attached hydrogens (tertiary/aromatic N) is 1. The largest absolute Gasteiger partial charge is 0.756 e. The SMILES string of the molecule is CC/C=C\C/C=C\C/C=C\C/C=C\C/C=C\C/C=C\CCCCCCCCC(=O)NC(COP(=O)([O-])OCC[N+](C)(C)C)C(/C=C\CCCCCCCCCCCCC)OC(=O)CC/C=C/C/C=C\CCCCCCCC. The van der Waals surface area contributed by atoms with Crippen LogP contribution in [0.2, 0.25) is 0 Å². The van der Waals surface area contributed by atoms with E-state index in [9.17, 15) is 19.0 Å². The van der Waals surface area contributed by atoms with Gasteiger partial charge < -0.3 is 28.5 Å². The summed E-state index contributed by atoms with van der Waals surface area (Å²) >= 11 is 0. The van der Waals surface area contributed by atoms with E-state index in [4.69, 9.17) is 13.8 Å². The van der Waals surface area contributed by atoms with E-state index in [1.54, 1.807) is 6.08 Å². The number of carbonyl (C=O) groups excluding carboxylic acids is 2. The zero-order valence-corrected chi connectivity index (χ0v) is 51.3. The monoisotopic (exact) mass is 1090 g/mol. The number of quaternary nitrogens is 1. The molecule has 10 heteroatoms. The molecule has 0 aliphatic heterocycles. The van der Waals surface area contributed by atoms with E-state index in [1.807, 2.05) is 33.3 Å². The Morgan fingerprint density at radius 2 is 0.844 bits per heavy atom. The quantitative estimate of drug-likeness (QED) is 0.0212. The molecule has 0 heterocycles. The van der Waals surface area contributed by atoms with Crippen molar-refractivity contribution in [1.82, 2.24) is 5.32 Å². The molecule has 1 N–H and O–H groups in total. The van der Waals surface area contributed by atoms with E-state index in [2.05, 4.69) is 117 Å². The van der Waals surface area contributed by atoms with Crippen LogP contribution in [0.15, 0.2) is 109 Å². The number of carbonyl (C=O) groups is 2. The minimum atomic E-state index is -4.72. The van der Waals surface area contributed by atoms with Gasteiger partial charge in [-0.05, 0) is 102 Å². The van der Waals surface area contributed by atoms with Crippen LogP contribution >= 0.6 is 7.82 Å². The molecule has 0 aliphatic carbocycles. The van der Waals surface area contributed by atoms with E-state index in [0.29, 0.717) is 23.9 Å². The van der Waals surface area contributed by atoms with Gasteiger partial charge in [-0.25, -0.2) is 0 Å². The highest BCUT2D eigenvalue weighted by Crippen LogP contribution is 2.38. The zero-order valence-electron chi connectivity index (χ0n) is 50.4. The van der Waals surface area contributed by atoms with Crippen LogP contribution in [0, 0.1) is 0 Å². The molecule has 9 nitrogen and oxygen atoms in total. The Kier molecular flexibility index (Phi) is 53.5. The fraction of sp³-hybridized carbons (Fsp3) is 0.701. The number of allylic oxidation sites excluding steroid dienone is 17. The number of hydrogen-bond donors (Lipinski definition) is 1.